The Kier molecular flexibility index (Phi) is 2.54. The molecule has 3 nitrogen and oxygen atoms in total. The van der Waals surface area contributed by atoms with Gasteiger partial charge in [-0.25, -0.2) is 0 Å². The Morgan fingerprint density at radius 3 is 2.91 bits per heavy atom. The van der Waals surface area contributed by atoms with Crippen LogP contribution < -0.4 is 9.47 Å². The van der Waals surface area contributed by atoms with Crippen LogP contribution in [0.2, 0.25) is 0 Å². The zero-order valence-electron chi connectivity index (χ0n) is 6.08. The molecule has 0 radical (unpaired) electrons. The number of pyridine rings is 1. The lowest BCUT2D eigenvalue weighted by Crippen LogP contribution is -2.30. The fourth-order valence-corrected chi connectivity index (χ4v) is 1.06. The molecule has 1 rings (SSSR count). The highest BCUT2D eigenvalue weighted by Crippen LogP contribution is 2.14. The Labute approximate surface area is 69.8 Å². The molecule has 0 saturated heterocycles. The van der Waals surface area contributed by atoms with Gasteiger partial charge in [0, 0.05) is 6.07 Å². The molecule has 0 atom stereocenters. The van der Waals surface area contributed by atoms with Crippen LogP contribution in [-0.2, 0) is 5.88 Å². The normalized spacial score (nSPS) is 9.64. The van der Waals surface area contributed by atoms with Crippen LogP contribution in [0, 0.1) is 5.21 Å². The van der Waals surface area contributed by atoms with Crippen molar-refractivity contribution in [3.8, 4) is 5.75 Å². The predicted molar refractivity (Wildman–Crippen MR) is 41.5 cm³/mol. The van der Waals surface area contributed by atoms with Crippen molar-refractivity contribution in [2.45, 2.75) is 5.88 Å². The van der Waals surface area contributed by atoms with Crippen molar-refractivity contribution in [3.63, 3.8) is 0 Å². The fourth-order valence-electron chi connectivity index (χ4n) is 0.814. The van der Waals surface area contributed by atoms with E-state index in [9.17, 15) is 5.21 Å². The zero-order valence-corrected chi connectivity index (χ0v) is 6.84. The molecular formula is C7H8ClNO2. The van der Waals surface area contributed by atoms with Gasteiger partial charge in [-0.05, 0) is 6.07 Å². The second-order valence-electron chi connectivity index (χ2n) is 1.98. The first-order valence-electron chi connectivity index (χ1n) is 3.10. The minimum Gasteiger partial charge on any atom is -0.618 e. The SMILES string of the molecule is COc1ccc[n+]([O-])c1CCl. The molecule has 4 heteroatoms. The minimum absolute atomic E-state index is 0.160. The molecule has 0 aliphatic heterocycles. The lowest BCUT2D eigenvalue weighted by atomic mass is 10.3. The number of methoxy groups -OCH3 is 1. The van der Waals surface area contributed by atoms with Crippen LogP contribution in [0.25, 0.3) is 0 Å². The average Bonchev–Trinajstić information content (AvgIpc) is 2.04. The van der Waals surface area contributed by atoms with E-state index >= 15 is 0 Å². The number of alkyl halides is 1. The molecule has 0 amide bonds. The van der Waals surface area contributed by atoms with Crippen LogP contribution in [0.4, 0.5) is 0 Å². The third kappa shape index (κ3) is 1.54. The van der Waals surface area contributed by atoms with E-state index in [0.29, 0.717) is 16.2 Å². The number of aromatic nitrogens is 1. The van der Waals surface area contributed by atoms with Gasteiger partial charge in [0.05, 0.1) is 7.11 Å². The Balaban J connectivity index is 3.13. The molecule has 0 saturated carbocycles. The van der Waals surface area contributed by atoms with Gasteiger partial charge in [0.15, 0.2) is 11.9 Å². The Morgan fingerprint density at radius 1 is 1.73 bits per heavy atom. The monoisotopic (exact) mass is 173 g/mol. The van der Waals surface area contributed by atoms with Crippen molar-refractivity contribution >= 4 is 11.6 Å². The molecule has 0 aliphatic rings. The van der Waals surface area contributed by atoms with E-state index in [1.165, 1.54) is 13.3 Å². The average molecular weight is 174 g/mol. The first-order valence-corrected chi connectivity index (χ1v) is 3.64. The second-order valence-corrected chi connectivity index (χ2v) is 2.25. The van der Waals surface area contributed by atoms with E-state index in [4.69, 9.17) is 16.3 Å². The molecule has 0 aliphatic carbocycles. The van der Waals surface area contributed by atoms with E-state index in [1.54, 1.807) is 12.1 Å². The minimum atomic E-state index is 0.160. The van der Waals surface area contributed by atoms with Crippen LogP contribution >= 0.6 is 11.6 Å². The number of hydrogen-bond donors (Lipinski definition) is 0. The number of halogens is 1. The summed E-state index contributed by atoms with van der Waals surface area (Å²) in [5.74, 6) is 0.686. The first kappa shape index (κ1) is 8.14. The standard InChI is InChI=1S/C7H8ClNO2/c1-11-7-3-2-4-9(10)6(7)5-8/h2-4H,5H2,1H3. The number of nitrogens with zero attached hydrogens (tertiary/aromatic N) is 1. The molecule has 0 fully saturated rings. The lowest BCUT2D eigenvalue weighted by Gasteiger charge is -2.05. The van der Waals surface area contributed by atoms with Crippen molar-refractivity contribution in [1.82, 2.24) is 0 Å². The molecule has 1 aromatic rings. The third-order valence-electron chi connectivity index (χ3n) is 1.37. The number of hydrogen-bond acceptors (Lipinski definition) is 2. The van der Waals surface area contributed by atoms with Crippen LogP contribution in [0.15, 0.2) is 18.3 Å². The molecule has 1 heterocycles. The highest BCUT2D eigenvalue weighted by molar-refractivity contribution is 6.16. The topological polar surface area (TPSA) is 36.2 Å². The van der Waals surface area contributed by atoms with Crippen molar-refractivity contribution in [2.24, 2.45) is 0 Å². The molecule has 0 spiro atoms. The molecule has 0 unspecified atom stereocenters. The van der Waals surface area contributed by atoms with Crippen molar-refractivity contribution in [2.75, 3.05) is 7.11 Å². The summed E-state index contributed by atoms with van der Waals surface area (Å²) in [6.07, 6.45) is 1.39. The van der Waals surface area contributed by atoms with Crippen LogP contribution in [0.5, 0.6) is 5.75 Å². The zero-order chi connectivity index (χ0) is 8.27. The van der Waals surface area contributed by atoms with Gasteiger partial charge in [-0.15, -0.1) is 11.6 Å². The maximum absolute atomic E-state index is 11.0. The summed E-state index contributed by atoms with van der Waals surface area (Å²) in [5.41, 5.74) is 0.441. The fraction of sp³-hybridized carbons (Fsp3) is 0.286. The molecule has 11 heavy (non-hydrogen) atoms. The van der Waals surface area contributed by atoms with Gasteiger partial charge < -0.3 is 9.94 Å². The van der Waals surface area contributed by atoms with Crippen LogP contribution in [0.1, 0.15) is 5.69 Å². The smallest absolute Gasteiger partial charge is 0.249 e. The quantitative estimate of drug-likeness (QED) is 0.381. The summed E-state index contributed by atoms with van der Waals surface area (Å²) < 4.78 is 5.61. The Bertz CT molecular complexity index is 252. The van der Waals surface area contributed by atoms with E-state index < -0.39 is 0 Å². The summed E-state index contributed by atoms with van der Waals surface area (Å²) in [5, 5.41) is 11.0. The molecule has 0 aromatic carbocycles. The van der Waals surface area contributed by atoms with Gasteiger partial charge in [-0.3, -0.25) is 0 Å². The van der Waals surface area contributed by atoms with Gasteiger partial charge >= 0.3 is 0 Å². The van der Waals surface area contributed by atoms with Gasteiger partial charge in [-0.2, -0.15) is 4.73 Å². The molecule has 1 aromatic heterocycles. The molecule has 0 N–H and O–H groups in total. The largest absolute Gasteiger partial charge is 0.618 e. The van der Waals surface area contributed by atoms with Crippen molar-refractivity contribution in [1.29, 1.82) is 0 Å². The van der Waals surface area contributed by atoms with E-state index in [2.05, 4.69) is 0 Å². The Hall–Kier alpha value is -0.960. The summed E-state index contributed by atoms with van der Waals surface area (Å²) in [4.78, 5) is 0. The lowest BCUT2D eigenvalue weighted by molar-refractivity contribution is -0.613. The third-order valence-corrected chi connectivity index (χ3v) is 1.62. The van der Waals surface area contributed by atoms with Gasteiger partial charge in [-0.1, -0.05) is 0 Å². The molecular weight excluding hydrogens is 166 g/mol. The van der Waals surface area contributed by atoms with Gasteiger partial charge in [0.1, 0.15) is 5.88 Å². The Morgan fingerprint density at radius 2 is 2.45 bits per heavy atom. The van der Waals surface area contributed by atoms with E-state index in [0.717, 1.165) is 0 Å². The second kappa shape index (κ2) is 3.44. The molecule has 60 valence electrons. The number of rotatable bonds is 2. The summed E-state index contributed by atoms with van der Waals surface area (Å²) in [7, 11) is 1.51. The van der Waals surface area contributed by atoms with Crippen molar-refractivity contribution < 1.29 is 9.47 Å². The predicted octanol–water partition coefficient (Wildman–Crippen LogP) is 1.07. The highest BCUT2D eigenvalue weighted by atomic mass is 35.5. The van der Waals surface area contributed by atoms with Crippen LogP contribution in [0.3, 0.4) is 0 Å². The van der Waals surface area contributed by atoms with Gasteiger partial charge in [0.2, 0.25) is 5.69 Å². The summed E-state index contributed by atoms with van der Waals surface area (Å²) in [6, 6.07) is 3.31. The van der Waals surface area contributed by atoms with Crippen LogP contribution in [-0.4, -0.2) is 7.11 Å². The highest BCUT2D eigenvalue weighted by Gasteiger charge is 2.09. The van der Waals surface area contributed by atoms with Crippen molar-refractivity contribution in [3.05, 3.63) is 29.2 Å². The first-order chi connectivity index (χ1) is 5.29. The van der Waals surface area contributed by atoms with E-state index in [1.807, 2.05) is 0 Å². The maximum atomic E-state index is 11.0. The summed E-state index contributed by atoms with van der Waals surface area (Å²) >= 11 is 5.52. The van der Waals surface area contributed by atoms with Gasteiger partial charge in [0.25, 0.3) is 0 Å². The maximum Gasteiger partial charge on any atom is 0.249 e. The summed E-state index contributed by atoms with van der Waals surface area (Å²) in [6.45, 7) is 0. The number of ether oxygens (including phenoxy) is 1. The van der Waals surface area contributed by atoms with E-state index in [-0.39, 0.29) is 5.88 Å². The molecule has 0 bridgehead atoms.